The van der Waals surface area contributed by atoms with E-state index < -0.39 is 0 Å². The Kier molecular flexibility index (Phi) is 3.89. The summed E-state index contributed by atoms with van der Waals surface area (Å²) in [7, 11) is 0. The first-order valence-electron chi connectivity index (χ1n) is 7.92. The fourth-order valence-corrected chi connectivity index (χ4v) is 4.20. The Morgan fingerprint density at radius 1 is 1.45 bits per heavy atom. The quantitative estimate of drug-likeness (QED) is 0.630. The highest BCUT2D eigenvalue weighted by Crippen LogP contribution is 2.56. The van der Waals surface area contributed by atoms with Gasteiger partial charge in [0.25, 0.3) is 0 Å². The molecule has 0 aromatic carbocycles. The molecule has 4 heteroatoms. The highest BCUT2D eigenvalue weighted by atomic mass is 16.5. The number of ether oxygens (including phenoxy) is 2. The third-order valence-electron chi connectivity index (χ3n) is 5.62. The second-order valence-electron chi connectivity index (χ2n) is 6.77. The Balaban J connectivity index is 1.94. The average molecular weight is 304 g/mol. The van der Waals surface area contributed by atoms with Crippen molar-refractivity contribution in [3.8, 4) is 0 Å². The standard InChI is InChI=1S/C18H24O4/c1-11-8-12(2)18(9-21-14(4)19)10-22-17(16(11)13(18)3)15-6-5-7-20-15/h5-8,12-13,16-17H,9-10H2,1-4H3. The summed E-state index contributed by atoms with van der Waals surface area (Å²) >= 11 is 0. The number of hydrogen-bond acceptors (Lipinski definition) is 4. The summed E-state index contributed by atoms with van der Waals surface area (Å²) in [6, 6.07) is 3.87. The summed E-state index contributed by atoms with van der Waals surface area (Å²) in [6.07, 6.45) is 3.94. The smallest absolute Gasteiger partial charge is 0.302 e. The van der Waals surface area contributed by atoms with Crippen LogP contribution in [0.5, 0.6) is 0 Å². The maximum atomic E-state index is 11.3. The first-order valence-corrected chi connectivity index (χ1v) is 7.92. The van der Waals surface area contributed by atoms with E-state index in [2.05, 4.69) is 26.8 Å². The predicted molar refractivity (Wildman–Crippen MR) is 82.0 cm³/mol. The monoisotopic (exact) mass is 304 g/mol. The van der Waals surface area contributed by atoms with Crippen LogP contribution >= 0.6 is 0 Å². The summed E-state index contributed by atoms with van der Waals surface area (Å²) in [6.45, 7) is 9.06. The first-order chi connectivity index (χ1) is 10.5. The summed E-state index contributed by atoms with van der Waals surface area (Å²) in [5.74, 6) is 1.57. The molecule has 0 amide bonds. The second-order valence-corrected chi connectivity index (χ2v) is 6.77. The van der Waals surface area contributed by atoms with Gasteiger partial charge in [-0.1, -0.05) is 25.5 Å². The van der Waals surface area contributed by atoms with Gasteiger partial charge in [0, 0.05) is 18.3 Å². The molecule has 1 aliphatic heterocycles. The van der Waals surface area contributed by atoms with Crippen LogP contribution < -0.4 is 0 Å². The predicted octanol–water partition coefficient (Wildman–Crippen LogP) is 3.75. The maximum Gasteiger partial charge on any atom is 0.302 e. The molecule has 5 atom stereocenters. The van der Waals surface area contributed by atoms with E-state index in [1.54, 1.807) is 6.26 Å². The lowest BCUT2D eigenvalue weighted by Gasteiger charge is -2.54. The van der Waals surface area contributed by atoms with Gasteiger partial charge < -0.3 is 13.9 Å². The van der Waals surface area contributed by atoms with Gasteiger partial charge >= 0.3 is 5.97 Å². The van der Waals surface area contributed by atoms with Crippen molar-refractivity contribution in [1.29, 1.82) is 0 Å². The second kappa shape index (κ2) is 5.58. The maximum absolute atomic E-state index is 11.3. The van der Waals surface area contributed by atoms with Crippen molar-refractivity contribution in [3.05, 3.63) is 35.8 Å². The summed E-state index contributed by atoms with van der Waals surface area (Å²) in [5.41, 5.74) is 1.18. The third kappa shape index (κ3) is 2.30. The van der Waals surface area contributed by atoms with E-state index in [0.29, 0.717) is 25.0 Å². The molecule has 1 aromatic heterocycles. The molecule has 1 saturated heterocycles. The van der Waals surface area contributed by atoms with Gasteiger partial charge in [0.1, 0.15) is 11.9 Å². The van der Waals surface area contributed by atoms with Crippen LogP contribution in [0.4, 0.5) is 0 Å². The molecule has 120 valence electrons. The first kappa shape index (κ1) is 15.3. The van der Waals surface area contributed by atoms with E-state index in [-0.39, 0.29) is 23.4 Å². The molecule has 2 bridgehead atoms. The minimum absolute atomic E-state index is 0.0563. The van der Waals surface area contributed by atoms with E-state index in [0.717, 1.165) is 5.76 Å². The van der Waals surface area contributed by atoms with Gasteiger partial charge in [-0.2, -0.15) is 0 Å². The Morgan fingerprint density at radius 2 is 2.23 bits per heavy atom. The van der Waals surface area contributed by atoms with Crippen molar-refractivity contribution in [2.75, 3.05) is 13.2 Å². The Labute approximate surface area is 131 Å². The number of carbonyl (C=O) groups is 1. The lowest BCUT2D eigenvalue weighted by molar-refractivity contribution is -0.183. The molecule has 0 radical (unpaired) electrons. The van der Waals surface area contributed by atoms with Crippen LogP contribution in [0.3, 0.4) is 0 Å². The van der Waals surface area contributed by atoms with Crippen molar-refractivity contribution in [1.82, 2.24) is 0 Å². The van der Waals surface area contributed by atoms with Gasteiger partial charge in [-0.05, 0) is 30.9 Å². The topological polar surface area (TPSA) is 48.7 Å². The van der Waals surface area contributed by atoms with E-state index >= 15 is 0 Å². The van der Waals surface area contributed by atoms with Crippen molar-refractivity contribution in [2.45, 2.75) is 33.8 Å². The van der Waals surface area contributed by atoms with Crippen LogP contribution in [-0.2, 0) is 14.3 Å². The van der Waals surface area contributed by atoms with E-state index in [1.807, 2.05) is 12.1 Å². The van der Waals surface area contributed by atoms with Gasteiger partial charge in [-0.25, -0.2) is 0 Å². The molecular formula is C18H24O4. The molecular weight excluding hydrogens is 280 g/mol. The van der Waals surface area contributed by atoms with E-state index in [1.165, 1.54) is 12.5 Å². The Bertz CT molecular complexity index is 574. The van der Waals surface area contributed by atoms with Crippen LogP contribution in [0.1, 0.15) is 39.6 Å². The SMILES string of the molecule is CC(=O)OCC12COC(c3ccco3)C(C(C)=CC1C)C2C. The number of carbonyl (C=O) groups excluding carboxylic acids is 1. The molecule has 2 aliphatic rings. The normalized spacial score (nSPS) is 37.5. The molecule has 1 fully saturated rings. The largest absolute Gasteiger partial charge is 0.467 e. The van der Waals surface area contributed by atoms with Crippen LogP contribution in [0.2, 0.25) is 0 Å². The molecule has 0 saturated carbocycles. The molecule has 5 unspecified atom stereocenters. The minimum atomic E-state index is -0.232. The van der Waals surface area contributed by atoms with Crippen LogP contribution in [-0.4, -0.2) is 19.2 Å². The lowest BCUT2D eigenvalue weighted by Crippen LogP contribution is -2.54. The number of allylic oxidation sites excluding steroid dienone is 1. The molecule has 3 rings (SSSR count). The van der Waals surface area contributed by atoms with E-state index in [9.17, 15) is 4.79 Å². The number of rotatable bonds is 3. The molecule has 4 nitrogen and oxygen atoms in total. The van der Waals surface area contributed by atoms with Crippen molar-refractivity contribution in [2.24, 2.45) is 23.2 Å². The Hall–Kier alpha value is -1.55. The highest BCUT2D eigenvalue weighted by molar-refractivity contribution is 5.65. The highest BCUT2D eigenvalue weighted by Gasteiger charge is 2.54. The zero-order valence-electron chi connectivity index (χ0n) is 13.7. The van der Waals surface area contributed by atoms with Crippen LogP contribution in [0, 0.1) is 23.2 Å². The van der Waals surface area contributed by atoms with E-state index in [4.69, 9.17) is 13.9 Å². The van der Waals surface area contributed by atoms with Gasteiger partial charge in [0.2, 0.25) is 0 Å². The van der Waals surface area contributed by atoms with Crippen LogP contribution in [0.25, 0.3) is 0 Å². The van der Waals surface area contributed by atoms with Crippen LogP contribution in [0.15, 0.2) is 34.5 Å². The number of furan rings is 1. The fourth-order valence-electron chi connectivity index (χ4n) is 4.20. The molecule has 2 heterocycles. The Morgan fingerprint density at radius 3 is 2.86 bits per heavy atom. The van der Waals surface area contributed by atoms with Gasteiger partial charge in [0.15, 0.2) is 0 Å². The zero-order valence-corrected chi connectivity index (χ0v) is 13.7. The molecule has 1 aliphatic carbocycles. The molecule has 0 spiro atoms. The third-order valence-corrected chi connectivity index (χ3v) is 5.62. The van der Waals surface area contributed by atoms with Crippen molar-refractivity contribution in [3.63, 3.8) is 0 Å². The van der Waals surface area contributed by atoms with Crippen molar-refractivity contribution >= 4 is 5.97 Å². The molecule has 1 aromatic rings. The summed E-state index contributed by atoms with van der Waals surface area (Å²) in [5, 5.41) is 0. The summed E-state index contributed by atoms with van der Waals surface area (Å²) in [4.78, 5) is 11.3. The minimum Gasteiger partial charge on any atom is -0.467 e. The fraction of sp³-hybridized carbons (Fsp3) is 0.611. The van der Waals surface area contributed by atoms with Gasteiger partial charge in [-0.15, -0.1) is 0 Å². The average Bonchev–Trinajstić information content (AvgIpc) is 2.97. The van der Waals surface area contributed by atoms with Crippen molar-refractivity contribution < 1.29 is 18.7 Å². The number of fused-ring (bicyclic) bond motifs is 2. The van der Waals surface area contributed by atoms with Gasteiger partial charge in [-0.3, -0.25) is 4.79 Å². The molecule has 22 heavy (non-hydrogen) atoms. The summed E-state index contributed by atoms with van der Waals surface area (Å²) < 4.78 is 17.2. The lowest BCUT2D eigenvalue weighted by atomic mass is 9.56. The number of hydrogen-bond donors (Lipinski definition) is 0. The number of esters is 1. The zero-order chi connectivity index (χ0) is 15.9. The van der Waals surface area contributed by atoms with Gasteiger partial charge in [0.05, 0.1) is 19.5 Å². The molecule has 0 N–H and O–H groups in total.